The molecule has 160 valence electrons. The van der Waals surface area contributed by atoms with E-state index >= 15 is 0 Å². The molecule has 0 saturated carbocycles. The summed E-state index contributed by atoms with van der Waals surface area (Å²) in [4.78, 5) is 24.8. The van der Waals surface area contributed by atoms with Crippen LogP contribution in [0.25, 0.3) is 11.4 Å². The molecule has 0 bridgehead atoms. The fourth-order valence-corrected chi connectivity index (χ4v) is 4.69. The summed E-state index contributed by atoms with van der Waals surface area (Å²) in [6.07, 6.45) is 5.29. The van der Waals surface area contributed by atoms with Crippen LogP contribution in [0.15, 0.2) is 30.3 Å². The van der Waals surface area contributed by atoms with E-state index in [0.717, 1.165) is 75.0 Å². The predicted octanol–water partition coefficient (Wildman–Crippen LogP) is 3.53. The Balaban J connectivity index is 1.47. The standard InChI is InChI=1S/C24H31N3O3/c1-29-16-17-12-14-27(15-13-17)24(28)19-8-10-20-21(11-9-19)25-22(26-23(20)30-2)18-6-4-3-5-7-18/h3-7,17,19H,8-16H2,1-2H3. The van der Waals surface area contributed by atoms with E-state index in [1.54, 1.807) is 14.2 Å². The Morgan fingerprint density at radius 1 is 1.03 bits per heavy atom. The van der Waals surface area contributed by atoms with Gasteiger partial charge < -0.3 is 14.4 Å². The van der Waals surface area contributed by atoms with Crippen molar-refractivity contribution in [1.29, 1.82) is 0 Å². The third kappa shape index (κ3) is 4.48. The van der Waals surface area contributed by atoms with Gasteiger partial charge in [0.15, 0.2) is 5.82 Å². The van der Waals surface area contributed by atoms with Gasteiger partial charge in [-0.05, 0) is 44.4 Å². The highest BCUT2D eigenvalue weighted by molar-refractivity contribution is 5.79. The minimum Gasteiger partial charge on any atom is -0.481 e. The summed E-state index contributed by atoms with van der Waals surface area (Å²) in [7, 11) is 3.41. The van der Waals surface area contributed by atoms with Crippen LogP contribution in [0.1, 0.15) is 36.9 Å². The summed E-state index contributed by atoms with van der Waals surface area (Å²) in [5, 5.41) is 0. The van der Waals surface area contributed by atoms with Gasteiger partial charge in [0, 0.05) is 43.9 Å². The molecular weight excluding hydrogens is 378 g/mol. The quantitative estimate of drug-likeness (QED) is 0.707. The van der Waals surface area contributed by atoms with Crippen molar-refractivity contribution in [3.63, 3.8) is 0 Å². The number of nitrogens with zero attached hydrogens (tertiary/aromatic N) is 3. The average Bonchev–Trinajstić information content (AvgIpc) is 3.02. The number of aromatic nitrogens is 2. The third-order valence-electron chi connectivity index (χ3n) is 6.43. The number of likely N-dealkylation sites (tertiary alicyclic amines) is 1. The van der Waals surface area contributed by atoms with E-state index < -0.39 is 0 Å². The maximum atomic E-state index is 13.2. The maximum absolute atomic E-state index is 13.2. The van der Waals surface area contributed by atoms with E-state index in [2.05, 4.69) is 9.88 Å². The molecule has 6 heteroatoms. The summed E-state index contributed by atoms with van der Waals surface area (Å²) in [6, 6.07) is 9.98. The van der Waals surface area contributed by atoms with E-state index in [1.165, 1.54) is 0 Å². The number of aryl methyl sites for hydroxylation is 1. The Labute approximate surface area is 178 Å². The molecule has 1 unspecified atom stereocenters. The molecule has 2 aliphatic rings. The molecule has 0 N–H and O–H groups in total. The first-order chi connectivity index (χ1) is 14.7. The molecular formula is C24H31N3O3. The largest absolute Gasteiger partial charge is 0.481 e. The van der Waals surface area contributed by atoms with E-state index in [1.807, 2.05) is 30.3 Å². The van der Waals surface area contributed by atoms with Crippen LogP contribution in [0.3, 0.4) is 0 Å². The molecule has 1 aromatic heterocycles. The van der Waals surface area contributed by atoms with Crippen LogP contribution in [0, 0.1) is 11.8 Å². The van der Waals surface area contributed by atoms with Gasteiger partial charge in [-0.25, -0.2) is 4.98 Å². The minimum absolute atomic E-state index is 0.0445. The topological polar surface area (TPSA) is 64.5 Å². The number of benzene rings is 1. The zero-order chi connectivity index (χ0) is 20.9. The second-order valence-electron chi connectivity index (χ2n) is 8.35. The fraction of sp³-hybridized carbons (Fsp3) is 0.542. The van der Waals surface area contributed by atoms with Crippen molar-refractivity contribution in [3.8, 4) is 17.3 Å². The van der Waals surface area contributed by atoms with Crippen LogP contribution in [-0.4, -0.2) is 54.7 Å². The number of rotatable bonds is 5. The van der Waals surface area contributed by atoms with Crippen LogP contribution >= 0.6 is 0 Å². The minimum atomic E-state index is 0.0445. The number of carbonyl (C=O) groups excluding carboxylic acids is 1. The van der Waals surface area contributed by atoms with Gasteiger partial charge in [0.2, 0.25) is 11.8 Å². The Kier molecular flexibility index (Phi) is 6.62. The molecule has 1 aliphatic carbocycles. The maximum Gasteiger partial charge on any atom is 0.225 e. The number of hydrogen-bond donors (Lipinski definition) is 0. The molecule has 0 radical (unpaired) electrons. The number of amides is 1. The molecule has 4 rings (SSSR count). The van der Waals surface area contributed by atoms with Crippen LogP contribution in [0.2, 0.25) is 0 Å². The van der Waals surface area contributed by atoms with Crippen molar-refractivity contribution >= 4 is 5.91 Å². The average molecular weight is 410 g/mol. The lowest BCUT2D eigenvalue weighted by Crippen LogP contribution is -2.42. The number of piperidine rings is 1. The first-order valence-corrected chi connectivity index (χ1v) is 11.0. The Morgan fingerprint density at radius 2 is 1.77 bits per heavy atom. The molecule has 1 aromatic carbocycles. The van der Waals surface area contributed by atoms with Crippen molar-refractivity contribution in [3.05, 3.63) is 41.6 Å². The van der Waals surface area contributed by atoms with E-state index in [0.29, 0.717) is 23.5 Å². The van der Waals surface area contributed by atoms with E-state index in [-0.39, 0.29) is 5.92 Å². The lowest BCUT2D eigenvalue weighted by Gasteiger charge is -2.34. The summed E-state index contributed by atoms with van der Waals surface area (Å²) in [6.45, 7) is 2.48. The number of hydrogen-bond acceptors (Lipinski definition) is 5. The molecule has 2 heterocycles. The Morgan fingerprint density at radius 3 is 2.47 bits per heavy atom. The number of carbonyl (C=O) groups is 1. The van der Waals surface area contributed by atoms with Crippen molar-refractivity contribution in [2.75, 3.05) is 33.9 Å². The van der Waals surface area contributed by atoms with Gasteiger partial charge in [0.1, 0.15) is 0 Å². The summed E-state index contributed by atoms with van der Waals surface area (Å²) in [5.41, 5.74) is 3.07. The summed E-state index contributed by atoms with van der Waals surface area (Å²) >= 11 is 0. The van der Waals surface area contributed by atoms with Gasteiger partial charge >= 0.3 is 0 Å². The summed E-state index contributed by atoms with van der Waals surface area (Å²) < 4.78 is 10.9. The zero-order valence-electron chi connectivity index (χ0n) is 18.0. The first-order valence-electron chi connectivity index (χ1n) is 11.0. The van der Waals surface area contributed by atoms with Gasteiger partial charge in [-0.1, -0.05) is 30.3 Å². The van der Waals surface area contributed by atoms with E-state index in [9.17, 15) is 4.79 Å². The van der Waals surface area contributed by atoms with Crippen LogP contribution < -0.4 is 4.74 Å². The number of ether oxygens (including phenoxy) is 2. The van der Waals surface area contributed by atoms with Gasteiger partial charge in [-0.2, -0.15) is 4.98 Å². The third-order valence-corrected chi connectivity index (χ3v) is 6.43. The highest BCUT2D eigenvalue weighted by Crippen LogP contribution is 2.32. The van der Waals surface area contributed by atoms with Crippen LogP contribution in [0.4, 0.5) is 0 Å². The van der Waals surface area contributed by atoms with Crippen molar-refractivity contribution < 1.29 is 14.3 Å². The number of fused-ring (bicyclic) bond motifs is 1. The molecule has 1 saturated heterocycles. The SMILES string of the molecule is COCC1CCN(C(=O)C2CCc3nc(-c4ccccc4)nc(OC)c3CC2)CC1. The predicted molar refractivity (Wildman–Crippen MR) is 115 cm³/mol. The molecule has 1 fully saturated rings. The Hall–Kier alpha value is -2.47. The van der Waals surface area contributed by atoms with Crippen LogP contribution in [-0.2, 0) is 22.4 Å². The van der Waals surface area contributed by atoms with Crippen LogP contribution in [0.5, 0.6) is 5.88 Å². The second-order valence-corrected chi connectivity index (χ2v) is 8.35. The number of methoxy groups -OCH3 is 2. The molecule has 0 spiro atoms. The fourth-order valence-electron chi connectivity index (χ4n) is 4.69. The van der Waals surface area contributed by atoms with Crippen molar-refractivity contribution in [2.45, 2.75) is 38.5 Å². The summed E-state index contributed by atoms with van der Waals surface area (Å²) in [5.74, 6) is 2.26. The normalized spacial score (nSPS) is 19.8. The molecule has 2 aromatic rings. The van der Waals surface area contributed by atoms with Crippen molar-refractivity contribution in [1.82, 2.24) is 14.9 Å². The molecule has 6 nitrogen and oxygen atoms in total. The smallest absolute Gasteiger partial charge is 0.225 e. The zero-order valence-corrected chi connectivity index (χ0v) is 18.0. The Bertz CT molecular complexity index is 863. The molecule has 1 aliphatic heterocycles. The highest BCUT2D eigenvalue weighted by atomic mass is 16.5. The first kappa shape index (κ1) is 20.8. The van der Waals surface area contributed by atoms with E-state index in [4.69, 9.17) is 14.5 Å². The monoisotopic (exact) mass is 409 g/mol. The van der Waals surface area contributed by atoms with Gasteiger partial charge in [-0.15, -0.1) is 0 Å². The molecule has 1 atom stereocenters. The molecule has 30 heavy (non-hydrogen) atoms. The lowest BCUT2D eigenvalue weighted by atomic mass is 9.93. The van der Waals surface area contributed by atoms with Gasteiger partial charge in [-0.3, -0.25) is 4.79 Å². The molecule has 1 amide bonds. The van der Waals surface area contributed by atoms with Gasteiger partial charge in [0.25, 0.3) is 0 Å². The second kappa shape index (κ2) is 9.56. The highest BCUT2D eigenvalue weighted by Gasteiger charge is 2.31. The van der Waals surface area contributed by atoms with Crippen molar-refractivity contribution in [2.24, 2.45) is 11.8 Å². The lowest BCUT2D eigenvalue weighted by molar-refractivity contribution is -0.137. The van der Waals surface area contributed by atoms with Gasteiger partial charge in [0.05, 0.1) is 12.8 Å².